The van der Waals surface area contributed by atoms with Crippen LogP contribution in [0.1, 0.15) is 32.3 Å². The number of carbonyl (C=O) groups excluding carboxylic acids is 1. The van der Waals surface area contributed by atoms with E-state index in [0.717, 1.165) is 6.07 Å². The van der Waals surface area contributed by atoms with Crippen molar-refractivity contribution in [3.8, 4) is 0 Å². The van der Waals surface area contributed by atoms with Crippen LogP contribution < -0.4 is 0 Å². The molecule has 1 aliphatic rings. The van der Waals surface area contributed by atoms with Crippen LogP contribution in [0, 0.1) is 17.6 Å². The molecule has 1 aromatic carbocycles. The Morgan fingerprint density at radius 1 is 1.26 bits per heavy atom. The number of benzene rings is 1. The first-order valence-corrected chi connectivity index (χ1v) is 7.24. The van der Waals surface area contributed by atoms with Crippen molar-refractivity contribution in [3.05, 3.63) is 35.4 Å². The van der Waals surface area contributed by atoms with Crippen LogP contribution in [-0.4, -0.2) is 40.8 Å². The Labute approximate surface area is 132 Å². The number of hydrogen-bond acceptors (Lipinski definition) is 3. The molecular formula is C16H19F2NO4. The summed E-state index contributed by atoms with van der Waals surface area (Å²) in [6.07, 6.45) is -0.645. The summed E-state index contributed by atoms with van der Waals surface area (Å²) in [5.74, 6) is -4.40. The molecule has 1 aromatic rings. The predicted molar refractivity (Wildman–Crippen MR) is 78.0 cm³/mol. The van der Waals surface area contributed by atoms with Gasteiger partial charge in [-0.15, -0.1) is 0 Å². The molecule has 5 nitrogen and oxygen atoms in total. The van der Waals surface area contributed by atoms with E-state index in [2.05, 4.69) is 0 Å². The SMILES string of the molecule is CC(C)(C)OC(=O)N1CC(C(=O)O)C(c2ccc(F)cc2F)C1. The van der Waals surface area contributed by atoms with Crippen molar-refractivity contribution in [2.75, 3.05) is 13.1 Å². The summed E-state index contributed by atoms with van der Waals surface area (Å²) in [6, 6.07) is 3.02. The monoisotopic (exact) mass is 327 g/mol. The molecule has 1 N–H and O–H groups in total. The van der Waals surface area contributed by atoms with E-state index < -0.39 is 41.1 Å². The number of carboxylic acid groups (broad SMARTS) is 1. The Balaban J connectivity index is 2.25. The number of aliphatic carboxylic acids is 1. The summed E-state index contributed by atoms with van der Waals surface area (Å²) in [5.41, 5.74) is -0.625. The number of halogens is 2. The van der Waals surface area contributed by atoms with Gasteiger partial charge in [0.05, 0.1) is 5.92 Å². The zero-order chi connectivity index (χ0) is 17.4. The molecule has 126 valence electrons. The van der Waals surface area contributed by atoms with Gasteiger partial charge in [0.15, 0.2) is 0 Å². The fourth-order valence-corrected chi connectivity index (χ4v) is 2.65. The van der Waals surface area contributed by atoms with Crippen molar-refractivity contribution >= 4 is 12.1 Å². The highest BCUT2D eigenvalue weighted by Gasteiger charge is 2.42. The van der Waals surface area contributed by atoms with Gasteiger partial charge in [-0.25, -0.2) is 13.6 Å². The highest BCUT2D eigenvalue weighted by atomic mass is 19.1. The normalized spacial score (nSPS) is 21.3. The van der Waals surface area contributed by atoms with Gasteiger partial charge in [-0.05, 0) is 32.4 Å². The number of hydrogen-bond donors (Lipinski definition) is 1. The number of rotatable bonds is 2. The van der Waals surface area contributed by atoms with E-state index in [-0.39, 0.29) is 18.7 Å². The molecule has 2 rings (SSSR count). The average Bonchev–Trinajstić information content (AvgIpc) is 2.81. The second-order valence-electron chi connectivity index (χ2n) is 6.60. The molecule has 1 aliphatic heterocycles. The van der Waals surface area contributed by atoms with Gasteiger partial charge in [0.1, 0.15) is 17.2 Å². The first kappa shape index (κ1) is 17.2. The maximum atomic E-state index is 14.0. The molecule has 0 radical (unpaired) electrons. The third kappa shape index (κ3) is 3.97. The fraction of sp³-hybridized carbons (Fsp3) is 0.500. The number of carbonyl (C=O) groups is 2. The minimum Gasteiger partial charge on any atom is -0.481 e. The van der Waals surface area contributed by atoms with Crippen molar-refractivity contribution in [2.24, 2.45) is 5.92 Å². The minimum absolute atomic E-state index is 0.00837. The van der Waals surface area contributed by atoms with E-state index in [1.54, 1.807) is 20.8 Å². The molecule has 0 aromatic heterocycles. The lowest BCUT2D eigenvalue weighted by atomic mass is 9.88. The zero-order valence-corrected chi connectivity index (χ0v) is 13.2. The maximum absolute atomic E-state index is 14.0. The fourth-order valence-electron chi connectivity index (χ4n) is 2.65. The van der Waals surface area contributed by atoms with Crippen molar-refractivity contribution in [1.82, 2.24) is 4.90 Å². The van der Waals surface area contributed by atoms with Crippen LogP contribution in [0.2, 0.25) is 0 Å². The number of likely N-dealkylation sites (tertiary alicyclic amines) is 1. The molecule has 1 saturated heterocycles. The molecule has 0 saturated carbocycles. The van der Waals surface area contributed by atoms with Crippen LogP contribution in [-0.2, 0) is 9.53 Å². The lowest BCUT2D eigenvalue weighted by molar-refractivity contribution is -0.141. The molecule has 0 bridgehead atoms. The van der Waals surface area contributed by atoms with Gasteiger partial charge in [0.25, 0.3) is 0 Å². The standard InChI is InChI=1S/C16H19F2NO4/c1-16(2,3)23-15(22)19-7-11(12(8-19)14(20)21)10-5-4-9(17)6-13(10)18/h4-6,11-12H,7-8H2,1-3H3,(H,20,21). The van der Waals surface area contributed by atoms with Crippen molar-refractivity contribution in [1.29, 1.82) is 0 Å². The zero-order valence-electron chi connectivity index (χ0n) is 13.2. The summed E-state index contributed by atoms with van der Waals surface area (Å²) in [4.78, 5) is 24.8. The van der Waals surface area contributed by atoms with Crippen molar-refractivity contribution in [3.63, 3.8) is 0 Å². The number of nitrogens with zero attached hydrogens (tertiary/aromatic N) is 1. The molecule has 0 spiro atoms. The van der Waals surface area contributed by atoms with E-state index in [1.165, 1.54) is 11.0 Å². The van der Waals surface area contributed by atoms with Gasteiger partial charge in [-0.2, -0.15) is 0 Å². The van der Waals surface area contributed by atoms with Crippen LogP contribution in [0.25, 0.3) is 0 Å². The smallest absolute Gasteiger partial charge is 0.410 e. The first-order chi connectivity index (χ1) is 10.6. The van der Waals surface area contributed by atoms with Gasteiger partial charge >= 0.3 is 12.1 Å². The molecule has 2 atom stereocenters. The van der Waals surface area contributed by atoms with E-state index in [4.69, 9.17) is 4.74 Å². The Kier molecular flexibility index (Phi) is 4.58. The largest absolute Gasteiger partial charge is 0.481 e. The van der Waals surface area contributed by atoms with Crippen LogP contribution in [0.15, 0.2) is 18.2 Å². The Hall–Kier alpha value is -2.18. The van der Waals surface area contributed by atoms with Crippen molar-refractivity contribution < 1.29 is 28.2 Å². The molecular weight excluding hydrogens is 308 g/mol. The summed E-state index contributed by atoms with van der Waals surface area (Å²) >= 11 is 0. The Bertz CT molecular complexity index is 627. The van der Waals surface area contributed by atoms with Gasteiger partial charge in [-0.3, -0.25) is 4.79 Å². The number of ether oxygens (including phenoxy) is 1. The predicted octanol–water partition coefficient (Wildman–Crippen LogP) is 3.00. The molecule has 1 amide bonds. The minimum atomic E-state index is -1.13. The van der Waals surface area contributed by atoms with Crippen LogP contribution in [0.5, 0.6) is 0 Å². The summed E-state index contributed by atoms with van der Waals surface area (Å²) in [5, 5.41) is 9.35. The summed E-state index contributed by atoms with van der Waals surface area (Å²) < 4.78 is 32.2. The second-order valence-corrected chi connectivity index (χ2v) is 6.60. The lowest BCUT2D eigenvalue weighted by Gasteiger charge is -2.24. The van der Waals surface area contributed by atoms with E-state index >= 15 is 0 Å². The van der Waals surface area contributed by atoms with Crippen molar-refractivity contribution in [2.45, 2.75) is 32.3 Å². The van der Waals surface area contributed by atoms with Gasteiger partial charge < -0.3 is 14.7 Å². The molecule has 7 heteroatoms. The average molecular weight is 327 g/mol. The third-order valence-electron chi connectivity index (χ3n) is 3.65. The number of amides is 1. The summed E-state index contributed by atoms with van der Waals surface area (Å²) in [7, 11) is 0. The van der Waals surface area contributed by atoms with E-state index in [9.17, 15) is 23.5 Å². The first-order valence-electron chi connectivity index (χ1n) is 7.24. The summed E-state index contributed by atoms with van der Waals surface area (Å²) in [6.45, 7) is 5.03. The highest BCUT2D eigenvalue weighted by Crippen LogP contribution is 2.35. The Morgan fingerprint density at radius 2 is 1.91 bits per heavy atom. The van der Waals surface area contributed by atoms with Gasteiger partial charge in [-0.1, -0.05) is 6.07 Å². The Morgan fingerprint density at radius 3 is 2.43 bits per heavy atom. The highest BCUT2D eigenvalue weighted by molar-refractivity contribution is 5.76. The molecule has 23 heavy (non-hydrogen) atoms. The maximum Gasteiger partial charge on any atom is 0.410 e. The second kappa shape index (κ2) is 6.14. The van der Waals surface area contributed by atoms with Crippen LogP contribution in [0.4, 0.5) is 13.6 Å². The van der Waals surface area contributed by atoms with Crippen LogP contribution in [0.3, 0.4) is 0 Å². The van der Waals surface area contributed by atoms with Crippen LogP contribution >= 0.6 is 0 Å². The molecule has 1 fully saturated rings. The lowest BCUT2D eigenvalue weighted by Crippen LogP contribution is -2.35. The number of carboxylic acids is 1. The molecule has 1 heterocycles. The third-order valence-corrected chi connectivity index (χ3v) is 3.65. The van der Waals surface area contributed by atoms with Gasteiger partial charge in [0, 0.05) is 25.1 Å². The van der Waals surface area contributed by atoms with E-state index in [1.807, 2.05) is 0 Å². The molecule has 2 unspecified atom stereocenters. The van der Waals surface area contributed by atoms with Gasteiger partial charge in [0.2, 0.25) is 0 Å². The molecule has 0 aliphatic carbocycles. The quantitative estimate of drug-likeness (QED) is 0.907. The van der Waals surface area contributed by atoms with E-state index in [0.29, 0.717) is 6.07 Å². The topological polar surface area (TPSA) is 66.8 Å².